The first-order valence-electron chi connectivity index (χ1n) is 12.7. The van der Waals surface area contributed by atoms with Crippen molar-refractivity contribution in [3.8, 4) is 0 Å². The molecule has 1 saturated heterocycles. The summed E-state index contributed by atoms with van der Waals surface area (Å²) in [5.74, 6) is -0.408. The molecule has 5 rings (SSSR count). The van der Waals surface area contributed by atoms with Gasteiger partial charge in [0, 0.05) is 42.8 Å². The number of alkyl halides is 3. The van der Waals surface area contributed by atoms with Crippen molar-refractivity contribution in [2.75, 3.05) is 38.0 Å². The molecule has 39 heavy (non-hydrogen) atoms. The molecule has 2 aromatic carbocycles. The second kappa shape index (κ2) is 11.0. The van der Waals surface area contributed by atoms with Crippen molar-refractivity contribution in [1.29, 1.82) is 0 Å². The van der Waals surface area contributed by atoms with Crippen molar-refractivity contribution < 1.29 is 27.2 Å². The molecular formula is C28H28F4N4O2S. The standard InChI is InChI=1S/C28H28F4N4O2S/c1-18-16-34(11-12-36(18)27(38)33-22-7-3-5-20(15-22)28(30,31)32)25(37)17-35-10-8-24-23(9-13-39-24)26(35)19-4-2-6-21(29)14-19/h2-7,9,13-15,18,26H,8,10-12,16-17H2,1H3,(H,33,38)/t18-,26-/m1/s1. The van der Waals surface area contributed by atoms with Gasteiger partial charge in [0.05, 0.1) is 18.2 Å². The maximum atomic E-state index is 14.1. The van der Waals surface area contributed by atoms with E-state index < -0.39 is 17.8 Å². The molecule has 206 valence electrons. The van der Waals surface area contributed by atoms with Gasteiger partial charge in [0.2, 0.25) is 5.91 Å². The number of nitrogens with zero attached hydrogens (tertiary/aromatic N) is 3. The molecule has 2 aliphatic heterocycles. The zero-order valence-corrected chi connectivity index (χ0v) is 22.1. The minimum atomic E-state index is -4.51. The highest BCUT2D eigenvalue weighted by atomic mass is 32.1. The van der Waals surface area contributed by atoms with Crippen LogP contribution in [-0.2, 0) is 17.4 Å². The highest BCUT2D eigenvalue weighted by molar-refractivity contribution is 7.10. The van der Waals surface area contributed by atoms with Gasteiger partial charge < -0.3 is 15.1 Å². The lowest BCUT2D eigenvalue weighted by atomic mass is 9.93. The number of benzene rings is 2. The zero-order chi connectivity index (χ0) is 27.7. The maximum absolute atomic E-state index is 14.1. The Hall–Kier alpha value is -3.44. The Balaban J connectivity index is 1.23. The van der Waals surface area contributed by atoms with Crippen molar-refractivity contribution in [3.05, 3.63) is 87.4 Å². The number of amides is 3. The van der Waals surface area contributed by atoms with E-state index in [1.54, 1.807) is 29.2 Å². The first-order chi connectivity index (χ1) is 18.6. The molecule has 0 aliphatic carbocycles. The predicted octanol–water partition coefficient (Wildman–Crippen LogP) is 5.62. The quantitative estimate of drug-likeness (QED) is 0.422. The average Bonchev–Trinajstić information content (AvgIpc) is 3.37. The van der Waals surface area contributed by atoms with Crippen molar-refractivity contribution in [3.63, 3.8) is 0 Å². The fourth-order valence-electron chi connectivity index (χ4n) is 5.33. The molecule has 6 nitrogen and oxygen atoms in total. The molecule has 0 saturated carbocycles. The number of hydrogen-bond donors (Lipinski definition) is 1. The molecule has 1 fully saturated rings. The number of urea groups is 1. The largest absolute Gasteiger partial charge is 0.416 e. The molecule has 3 aromatic rings. The third-order valence-corrected chi connectivity index (χ3v) is 8.25. The Morgan fingerprint density at radius 3 is 2.59 bits per heavy atom. The highest BCUT2D eigenvalue weighted by Crippen LogP contribution is 2.38. The van der Waals surface area contributed by atoms with E-state index in [0.29, 0.717) is 19.6 Å². The summed E-state index contributed by atoms with van der Waals surface area (Å²) in [6.45, 7) is 3.48. The van der Waals surface area contributed by atoms with Gasteiger partial charge >= 0.3 is 12.2 Å². The number of halogens is 4. The van der Waals surface area contributed by atoms with E-state index in [0.717, 1.165) is 29.7 Å². The lowest BCUT2D eigenvalue weighted by Crippen LogP contribution is -2.58. The van der Waals surface area contributed by atoms with E-state index in [4.69, 9.17) is 0 Å². The Labute approximate surface area is 227 Å². The van der Waals surface area contributed by atoms with Crippen LogP contribution in [0.1, 0.15) is 34.5 Å². The van der Waals surface area contributed by atoms with Gasteiger partial charge in [0.25, 0.3) is 0 Å². The highest BCUT2D eigenvalue weighted by Gasteiger charge is 2.35. The summed E-state index contributed by atoms with van der Waals surface area (Å²) < 4.78 is 53.2. The summed E-state index contributed by atoms with van der Waals surface area (Å²) in [6, 6.07) is 11.9. The van der Waals surface area contributed by atoms with Crippen molar-refractivity contribution in [2.24, 2.45) is 0 Å². The van der Waals surface area contributed by atoms with Gasteiger partial charge in [-0.3, -0.25) is 9.69 Å². The van der Waals surface area contributed by atoms with E-state index >= 15 is 0 Å². The molecule has 3 heterocycles. The summed E-state index contributed by atoms with van der Waals surface area (Å²) in [4.78, 5) is 32.8. The number of piperazine rings is 1. The first kappa shape index (κ1) is 27.1. The van der Waals surface area contributed by atoms with Gasteiger partial charge in [0.1, 0.15) is 5.82 Å². The SMILES string of the molecule is C[C@@H]1CN(C(=O)CN2CCc3sccc3[C@H]2c2cccc(F)c2)CCN1C(=O)Nc1cccc(C(F)(F)F)c1. The van der Waals surface area contributed by atoms with E-state index in [1.165, 1.54) is 34.0 Å². The topological polar surface area (TPSA) is 55.9 Å². The Bertz CT molecular complexity index is 1360. The molecule has 2 aliphatic rings. The van der Waals surface area contributed by atoms with Crippen LogP contribution < -0.4 is 5.32 Å². The molecule has 1 N–H and O–H groups in total. The van der Waals surface area contributed by atoms with Crippen LogP contribution in [0.3, 0.4) is 0 Å². The number of nitrogens with one attached hydrogen (secondary N) is 1. The van der Waals surface area contributed by atoms with Crippen LogP contribution in [0.15, 0.2) is 60.0 Å². The smallest absolute Gasteiger partial charge is 0.338 e. The van der Waals surface area contributed by atoms with E-state index in [2.05, 4.69) is 10.2 Å². The third kappa shape index (κ3) is 5.94. The number of anilines is 1. The number of thiophene rings is 1. The van der Waals surface area contributed by atoms with E-state index in [1.807, 2.05) is 17.5 Å². The number of carbonyl (C=O) groups is 2. The van der Waals surface area contributed by atoms with Gasteiger partial charge in [-0.2, -0.15) is 13.2 Å². The summed E-state index contributed by atoms with van der Waals surface area (Å²) in [7, 11) is 0. The number of rotatable bonds is 4. The fraction of sp³-hybridized carbons (Fsp3) is 0.357. The van der Waals surface area contributed by atoms with Crippen LogP contribution in [0.25, 0.3) is 0 Å². The summed E-state index contributed by atoms with van der Waals surface area (Å²) in [5, 5.41) is 4.57. The van der Waals surface area contributed by atoms with Gasteiger partial charge in [0.15, 0.2) is 0 Å². The fourth-order valence-corrected chi connectivity index (χ4v) is 6.24. The van der Waals surface area contributed by atoms with Crippen LogP contribution in [0.4, 0.5) is 28.0 Å². The van der Waals surface area contributed by atoms with Gasteiger partial charge in [-0.05, 0) is 66.2 Å². The molecule has 11 heteroatoms. The molecule has 3 amide bonds. The predicted molar refractivity (Wildman–Crippen MR) is 141 cm³/mol. The monoisotopic (exact) mass is 560 g/mol. The lowest BCUT2D eigenvalue weighted by Gasteiger charge is -2.41. The van der Waals surface area contributed by atoms with Crippen molar-refractivity contribution in [1.82, 2.24) is 14.7 Å². The number of carbonyl (C=O) groups excluding carboxylic acids is 2. The normalized spacial score (nSPS) is 20.0. The van der Waals surface area contributed by atoms with Crippen molar-refractivity contribution in [2.45, 2.75) is 31.6 Å². The first-order valence-corrected chi connectivity index (χ1v) is 13.6. The zero-order valence-electron chi connectivity index (χ0n) is 21.2. The number of hydrogen-bond acceptors (Lipinski definition) is 4. The molecule has 1 aromatic heterocycles. The van der Waals surface area contributed by atoms with Crippen LogP contribution in [-0.4, -0.2) is 65.4 Å². The van der Waals surface area contributed by atoms with Gasteiger partial charge in [-0.25, -0.2) is 9.18 Å². The molecule has 0 unspecified atom stereocenters. The average molecular weight is 561 g/mol. The second-order valence-electron chi connectivity index (χ2n) is 9.87. The van der Waals surface area contributed by atoms with E-state index in [-0.39, 0.29) is 42.6 Å². The Morgan fingerprint density at radius 1 is 1.05 bits per heavy atom. The number of fused-ring (bicyclic) bond motifs is 1. The van der Waals surface area contributed by atoms with Crippen LogP contribution in [0.2, 0.25) is 0 Å². The minimum absolute atomic E-state index is 0.0572. The summed E-state index contributed by atoms with van der Waals surface area (Å²) >= 11 is 1.67. The molecule has 0 bridgehead atoms. The lowest BCUT2D eigenvalue weighted by molar-refractivity contribution is -0.137. The molecule has 0 spiro atoms. The van der Waals surface area contributed by atoms with Gasteiger partial charge in [-0.1, -0.05) is 18.2 Å². The van der Waals surface area contributed by atoms with Crippen LogP contribution in [0.5, 0.6) is 0 Å². The van der Waals surface area contributed by atoms with E-state index in [9.17, 15) is 27.2 Å². The second-order valence-corrected chi connectivity index (χ2v) is 10.9. The third-order valence-electron chi connectivity index (χ3n) is 7.25. The Kier molecular flexibility index (Phi) is 7.64. The maximum Gasteiger partial charge on any atom is 0.416 e. The van der Waals surface area contributed by atoms with Crippen LogP contribution in [0, 0.1) is 5.82 Å². The molecule has 0 radical (unpaired) electrons. The Morgan fingerprint density at radius 2 is 1.85 bits per heavy atom. The van der Waals surface area contributed by atoms with Crippen molar-refractivity contribution >= 4 is 29.0 Å². The minimum Gasteiger partial charge on any atom is -0.338 e. The summed E-state index contributed by atoms with van der Waals surface area (Å²) in [6.07, 6.45) is -3.70. The summed E-state index contributed by atoms with van der Waals surface area (Å²) in [5.41, 5.74) is 1.11. The van der Waals surface area contributed by atoms with Crippen LogP contribution >= 0.6 is 11.3 Å². The molecular weight excluding hydrogens is 532 g/mol. The molecule has 2 atom stereocenters. The van der Waals surface area contributed by atoms with Gasteiger partial charge in [-0.15, -0.1) is 11.3 Å².